The van der Waals surface area contributed by atoms with Crippen molar-refractivity contribution in [3.8, 4) is 22.9 Å². The summed E-state index contributed by atoms with van der Waals surface area (Å²) in [7, 11) is -2.89. The first-order valence-electron chi connectivity index (χ1n) is 9.14. The van der Waals surface area contributed by atoms with Crippen molar-refractivity contribution in [1.82, 2.24) is 0 Å². The van der Waals surface area contributed by atoms with Crippen molar-refractivity contribution in [2.75, 3.05) is 11.8 Å². The molecule has 3 aromatic rings. The quantitative estimate of drug-likeness (QED) is 0.435. The van der Waals surface area contributed by atoms with Crippen LogP contribution in [-0.2, 0) is 21.4 Å². The third-order valence-corrected chi connectivity index (χ3v) is 7.15. The zero-order chi connectivity index (χ0) is 23.0. The van der Waals surface area contributed by atoms with Crippen LogP contribution in [0.3, 0.4) is 0 Å². The largest absolute Gasteiger partial charge is 0.494 e. The van der Waals surface area contributed by atoms with Crippen LogP contribution in [0, 0.1) is 11.3 Å². The molecule has 3 aromatic carbocycles. The lowest BCUT2D eigenvalue weighted by Crippen LogP contribution is -2.16. The molecule has 162 valence electrons. The van der Waals surface area contributed by atoms with Crippen LogP contribution in [0.1, 0.15) is 21.5 Å². The van der Waals surface area contributed by atoms with Gasteiger partial charge >= 0.3 is 5.97 Å². The van der Waals surface area contributed by atoms with Gasteiger partial charge in [-0.2, -0.15) is 5.26 Å². The van der Waals surface area contributed by atoms with Gasteiger partial charge in [0.2, 0.25) is 0 Å². The van der Waals surface area contributed by atoms with E-state index in [9.17, 15) is 18.5 Å². The summed E-state index contributed by atoms with van der Waals surface area (Å²) in [4.78, 5) is 12.5. The minimum absolute atomic E-state index is 0.0188. The highest BCUT2D eigenvalue weighted by Gasteiger charge is 2.26. The molecule has 0 radical (unpaired) electrons. The molecule has 10 heteroatoms. The number of anilines is 1. The van der Waals surface area contributed by atoms with Gasteiger partial charge in [-0.05, 0) is 69.0 Å². The molecule has 1 aliphatic heterocycles. The monoisotopic (exact) mass is 532 g/mol. The summed E-state index contributed by atoms with van der Waals surface area (Å²) in [6.07, 6.45) is 0. The number of nitrogens with one attached hydrogen (secondary N) is 1. The zero-order valence-electron chi connectivity index (χ0n) is 16.5. The number of rotatable bonds is 1. The smallest absolute Gasteiger partial charge is 0.338 e. The molecule has 0 saturated heterocycles. The molecule has 1 aliphatic rings. The second kappa shape index (κ2) is 8.47. The maximum atomic E-state index is 13.2. The van der Waals surface area contributed by atoms with Crippen molar-refractivity contribution in [1.29, 1.82) is 5.26 Å². The molecule has 0 fully saturated rings. The van der Waals surface area contributed by atoms with Gasteiger partial charge in [0.25, 0.3) is 10.0 Å². The zero-order valence-corrected chi connectivity index (χ0v) is 19.6. The Labute approximate surface area is 197 Å². The van der Waals surface area contributed by atoms with Crippen molar-refractivity contribution in [3.63, 3.8) is 0 Å². The van der Waals surface area contributed by atoms with Crippen molar-refractivity contribution in [2.24, 2.45) is 0 Å². The number of sulfonamides is 1. The second-order valence-electron chi connectivity index (χ2n) is 6.85. The second-order valence-corrected chi connectivity index (χ2v) is 9.76. The number of carbonyl (C=O) groups is 1. The number of hydrogen-bond acceptors (Lipinski definition) is 6. The summed E-state index contributed by atoms with van der Waals surface area (Å²) in [6, 6.07) is 14.4. The molecule has 0 spiro atoms. The number of hydrogen-bond donors (Lipinski definition) is 1. The van der Waals surface area contributed by atoms with Crippen LogP contribution in [0.2, 0.25) is 5.02 Å². The van der Waals surface area contributed by atoms with Gasteiger partial charge in [0.05, 0.1) is 39.5 Å². The fourth-order valence-corrected chi connectivity index (χ4v) is 5.58. The van der Waals surface area contributed by atoms with E-state index >= 15 is 0 Å². The summed E-state index contributed by atoms with van der Waals surface area (Å²) in [5.41, 5.74) is 2.39. The normalized spacial score (nSPS) is 14.4. The Morgan fingerprint density at radius 1 is 1.16 bits per heavy atom. The average molecular weight is 534 g/mol. The van der Waals surface area contributed by atoms with Gasteiger partial charge in [-0.25, -0.2) is 13.2 Å². The number of methoxy groups -OCH3 is 1. The van der Waals surface area contributed by atoms with Gasteiger partial charge in [0.1, 0.15) is 11.5 Å². The van der Waals surface area contributed by atoms with Gasteiger partial charge in [-0.1, -0.05) is 23.7 Å². The minimum Gasteiger partial charge on any atom is -0.494 e. The maximum absolute atomic E-state index is 13.2. The highest BCUT2D eigenvalue weighted by Crippen LogP contribution is 2.38. The third-order valence-electron chi connectivity index (χ3n) is 4.86. The number of nitrogens with zero attached hydrogens (tertiary/aromatic N) is 1. The molecule has 32 heavy (non-hydrogen) atoms. The number of halogens is 2. The molecule has 1 heterocycles. The number of cyclic esters (lactones) is 1. The van der Waals surface area contributed by atoms with Crippen LogP contribution in [0.4, 0.5) is 5.69 Å². The Balaban J connectivity index is 2.00. The van der Waals surface area contributed by atoms with Crippen molar-refractivity contribution in [3.05, 3.63) is 74.7 Å². The number of carbonyl (C=O) groups excluding carboxylic acids is 1. The first-order valence-corrected chi connectivity index (χ1v) is 11.8. The predicted octanol–water partition coefficient (Wildman–Crippen LogP) is 5.12. The van der Waals surface area contributed by atoms with Gasteiger partial charge in [0.15, 0.2) is 5.75 Å². The Kier molecular flexibility index (Phi) is 5.86. The lowest BCUT2D eigenvalue weighted by atomic mass is 9.97. The number of benzene rings is 3. The van der Waals surface area contributed by atoms with E-state index in [0.29, 0.717) is 22.3 Å². The van der Waals surface area contributed by atoms with E-state index in [4.69, 9.17) is 21.1 Å². The number of ether oxygens (including phenoxy) is 2. The van der Waals surface area contributed by atoms with Crippen LogP contribution < -0.4 is 9.46 Å². The molecular weight excluding hydrogens is 520 g/mol. The van der Waals surface area contributed by atoms with Gasteiger partial charge in [0, 0.05) is 0 Å². The minimum atomic E-state index is -4.21. The summed E-state index contributed by atoms with van der Waals surface area (Å²) < 4.78 is 39.9. The predicted molar refractivity (Wildman–Crippen MR) is 122 cm³/mol. The van der Waals surface area contributed by atoms with E-state index in [0.717, 1.165) is 0 Å². The fraction of sp³-hybridized carbons (Fsp3) is 0.0909. The van der Waals surface area contributed by atoms with E-state index in [2.05, 4.69) is 26.7 Å². The maximum Gasteiger partial charge on any atom is 0.338 e. The third kappa shape index (κ3) is 4.05. The summed E-state index contributed by atoms with van der Waals surface area (Å²) >= 11 is 9.54. The molecule has 0 amide bonds. The average Bonchev–Trinajstić information content (AvgIpc) is 2.77. The van der Waals surface area contributed by atoms with Crippen molar-refractivity contribution in [2.45, 2.75) is 11.5 Å². The van der Waals surface area contributed by atoms with Crippen molar-refractivity contribution < 1.29 is 22.7 Å². The van der Waals surface area contributed by atoms with E-state index in [1.54, 1.807) is 36.4 Å². The Hall–Kier alpha value is -3.06. The first-order chi connectivity index (χ1) is 15.2. The lowest BCUT2D eigenvalue weighted by molar-refractivity contribution is 0.0473. The van der Waals surface area contributed by atoms with Gasteiger partial charge in [-0.15, -0.1) is 0 Å². The summed E-state index contributed by atoms with van der Waals surface area (Å²) in [5, 5.41) is 9.48. The lowest BCUT2D eigenvalue weighted by Gasteiger charge is -2.15. The SMILES string of the molecule is COc1c(Br)cc2cc1S(=O)(=O)Nc1cc(ccc1Cl)-c1cc(C#N)ccc1COC2=O. The molecule has 0 aromatic heterocycles. The van der Waals surface area contributed by atoms with E-state index < -0.39 is 16.0 Å². The summed E-state index contributed by atoms with van der Waals surface area (Å²) in [6.45, 7) is -0.0863. The molecule has 7 nitrogen and oxygen atoms in total. The van der Waals surface area contributed by atoms with E-state index in [1.165, 1.54) is 19.2 Å². The van der Waals surface area contributed by atoms with Crippen LogP contribution in [0.15, 0.2) is 57.9 Å². The first kappa shape index (κ1) is 22.1. The molecule has 0 saturated carbocycles. The molecule has 1 N–H and O–H groups in total. The molecule has 0 atom stereocenters. The van der Waals surface area contributed by atoms with E-state index in [-0.39, 0.29) is 38.0 Å². The number of fused-ring (bicyclic) bond motifs is 6. The highest BCUT2D eigenvalue weighted by molar-refractivity contribution is 9.10. The number of nitriles is 1. The van der Waals surface area contributed by atoms with Crippen LogP contribution in [-0.4, -0.2) is 21.5 Å². The van der Waals surface area contributed by atoms with Gasteiger partial charge < -0.3 is 9.47 Å². The molecule has 4 rings (SSSR count). The number of esters is 1. The Morgan fingerprint density at radius 2 is 1.94 bits per heavy atom. The molecule has 4 bridgehead atoms. The van der Waals surface area contributed by atoms with Gasteiger partial charge in [-0.3, -0.25) is 4.72 Å². The fourth-order valence-electron chi connectivity index (χ4n) is 3.32. The molecule has 0 aliphatic carbocycles. The molecular formula is C22H14BrClN2O5S. The van der Waals surface area contributed by atoms with E-state index in [1.807, 2.05) is 0 Å². The van der Waals surface area contributed by atoms with Crippen LogP contribution in [0.5, 0.6) is 5.75 Å². The highest BCUT2D eigenvalue weighted by atomic mass is 79.9. The summed E-state index contributed by atoms with van der Waals surface area (Å²) in [5.74, 6) is -0.692. The van der Waals surface area contributed by atoms with Crippen LogP contribution >= 0.6 is 27.5 Å². The standard InChI is InChI=1S/C22H14BrClN2O5S/c1-30-21-17(23)7-15-9-20(21)32(28,29)26-19-8-13(4-5-18(19)24)16-6-12(10-25)2-3-14(16)11-31-22(15)27/h2-9,26H,11H2,1H3. The van der Waals surface area contributed by atoms with Crippen molar-refractivity contribution >= 4 is 49.2 Å². The van der Waals surface area contributed by atoms with Crippen LogP contribution in [0.25, 0.3) is 11.1 Å². The Morgan fingerprint density at radius 3 is 2.66 bits per heavy atom. The topological polar surface area (TPSA) is 105 Å². The molecule has 0 unspecified atom stereocenters. The Bertz CT molecular complexity index is 1420.